The lowest BCUT2D eigenvalue weighted by Gasteiger charge is -2.06. The Balaban J connectivity index is 1.97. The first-order chi connectivity index (χ1) is 8.22. The van der Waals surface area contributed by atoms with Crippen molar-refractivity contribution in [3.05, 3.63) is 11.1 Å². The van der Waals surface area contributed by atoms with Gasteiger partial charge in [0.15, 0.2) is 5.78 Å². The molecule has 0 saturated heterocycles. The van der Waals surface area contributed by atoms with Gasteiger partial charge in [0.05, 0.1) is 0 Å². The number of hydrogen-bond donors (Lipinski definition) is 0. The van der Waals surface area contributed by atoms with Crippen molar-refractivity contribution in [3.63, 3.8) is 0 Å². The van der Waals surface area contributed by atoms with E-state index in [-0.39, 0.29) is 11.7 Å². The number of aldehydes is 1. The van der Waals surface area contributed by atoms with Crippen LogP contribution in [0.3, 0.4) is 0 Å². The second-order valence-electron chi connectivity index (χ2n) is 4.97. The first kappa shape index (κ1) is 12.2. The fraction of sp³-hybridized carbons (Fsp3) is 0.643. The van der Waals surface area contributed by atoms with Crippen LogP contribution in [0, 0.1) is 5.92 Å². The Bertz CT molecular complexity index is 379. The number of allylic oxidation sites excluding steroid dienone is 2. The molecule has 0 radical (unpaired) electrons. The predicted molar refractivity (Wildman–Crippen MR) is 63.5 cm³/mol. The van der Waals surface area contributed by atoms with Gasteiger partial charge in [-0.25, -0.2) is 0 Å². The van der Waals surface area contributed by atoms with E-state index in [4.69, 9.17) is 0 Å². The molecular formula is C14H18O3. The lowest BCUT2D eigenvalue weighted by Crippen LogP contribution is -2.10. The highest BCUT2D eigenvalue weighted by Crippen LogP contribution is 2.37. The van der Waals surface area contributed by atoms with Crippen molar-refractivity contribution in [1.29, 1.82) is 0 Å². The number of ketones is 2. The van der Waals surface area contributed by atoms with E-state index in [1.807, 2.05) is 0 Å². The highest BCUT2D eigenvalue weighted by molar-refractivity contribution is 5.98. The monoisotopic (exact) mass is 234 g/mol. The van der Waals surface area contributed by atoms with Gasteiger partial charge in [-0.1, -0.05) is 5.57 Å². The van der Waals surface area contributed by atoms with Gasteiger partial charge < -0.3 is 4.79 Å². The molecule has 0 spiro atoms. The summed E-state index contributed by atoms with van der Waals surface area (Å²) < 4.78 is 0. The molecule has 0 aliphatic heterocycles. The van der Waals surface area contributed by atoms with Gasteiger partial charge in [0.2, 0.25) is 0 Å². The van der Waals surface area contributed by atoms with E-state index in [0.29, 0.717) is 25.0 Å². The Morgan fingerprint density at radius 2 is 2.12 bits per heavy atom. The van der Waals surface area contributed by atoms with Crippen LogP contribution in [0.15, 0.2) is 11.1 Å². The molecule has 1 atom stereocenters. The van der Waals surface area contributed by atoms with Crippen molar-refractivity contribution >= 4 is 17.9 Å². The summed E-state index contributed by atoms with van der Waals surface area (Å²) in [6.07, 6.45) is 6.59. The van der Waals surface area contributed by atoms with Gasteiger partial charge >= 0.3 is 0 Å². The molecule has 17 heavy (non-hydrogen) atoms. The van der Waals surface area contributed by atoms with E-state index >= 15 is 0 Å². The molecule has 3 heteroatoms. The van der Waals surface area contributed by atoms with Crippen LogP contribution in [0.1, 0.15) is 51.4 Å². The normalized spacial score (nSPS) is 28.7. The molecule has 0 N–H and O–H groups in total. The molecule has 92 valence electrons. The number of carbonyl (C=O) groups excluding carboxylic acids is 3. The SMILES string of the molecule is O=CCCC(=O)C1CC/C(=C2/CCCC2=O)C1. The standard InChI is InChI=1S/C14H18O3/c15-8-2-5-13(16)11-7-6-10(9-11)12-3-1-4-14(12)17/h8,11H,1-7,9H2/b12-10+. The largest absolute Gasteiger partial charge is 0.303 e. The van der Waals surface area contributed by atoms with Crippen molar-refractivity contribution in [2.45, 2.75) is 51.4 Å². The van der Waals surface area contributed by atoms with Crippen LogP contribution in [0.25, 0.3) is 0 Å². The maximum absolute atomic E-state index is 11.8. The lowest BCUT2D eigenvalue weighted by atomic mass is 9.97. The minimum atomic E-state index is 0.0610. The zero-order valence-electron chi connectivity index (χ0n) is 10.0. The maximum atomic E-state index is 11.8. The average molecular weight is 234 g/mol. The van der Waals surface area contributed by atoms with Crippen molar-refractivity contribution in [2.75, 3.05) is 0 Å². The quantitative estimate of drug-likeness (QED) is 0.554. The topological polar surface area (TPSA) is 51.2 Å². The van der Waals surface area contributed by atoms with Gasteiger partial charge in [-0.3, -0.25) is 9.59 Å². The van der Waals surface area contributed by atoms with Crippen LogP contribution in [-0.4, -0.2) is 17.9 Å². The van der Waals surface area contributed by atoms with E-state index < -0.39 is 0 Å². The molecule has 0 aromatic heterocycles. The van der Waals surface area contributed by atoms with Gasteiger partial charge in [-0.15, -0.1) is 0 Å². The fourth-order valence-corrected chi connectivity index (χ4v) is 2.89. The number of hydrogen-bond acceptors (Lipinski definition) is 3. The van der Waals surface area contributed by atoms with Crippen molar-refractivity contribution in [3.8, 4) is 0 Å². The van der Waals surface area contributed by atoms with Crippen LogP contribution in [0.5, 0.6) is 0 Å². The lowest BCUT2D eigenvalue weighted by molar-refractivity contribution is -0.124. The zero-order chi connectivity index (χ0) is 12.3. The Hall–Kier alpha value is -1.25. The van der Waals surface area contributed by atoms with E-state index in [1.54, 1.807) is 0 Å². The Labute approximate surface area is 101 Å². The van der Waals surface area contributed by atoms with Crippen molar-refractivity contribution in [2.24, 2.45) is 5.92 Å². The summed E-state index contributed by atoms with van der Waals surface area (Å²) in [4.78, 5) is 33.6. The summed E-state index contributed by atoms with van der Waals surface area (Å²) in [7, 11) is 0. The molecule has 2 aliphatic rings. The van der Waals surface area contributed by atoms with E-state index in [0.717, 1.165) is 44.0 Å². The average Bonchev–Trinajstić information content (AvgIpc) is 2.93. The molecule has 2 fully saturated rings. The fourth-order valence-electron chi connectivity index (χ4n) is 2.89. The molecule has 2 aliphatic carbocycles. The van der Waals surface area contributed by atoms with E-state index in [2.05, 4.69) is 0 Å². The van der Waals surface area contributed by atoms with Gasteiger partial charge in [-0.05, 0) is 37.7 Å². The number of Topliss-reactive ketones (excluding diaryl/α,β-unsaturated/α-hetero) is 2. The summed E-state index contributed by atoms with van der Waals surface area (Å²) in [6, 6.07) is 0. The first-order valence-electron chi connectivity index (χ1n) is 6.43. The highest BCUT2D eigenvalue weighted by atomic mass is 16.1. The predicted octanol–water partition coefficient (Wildman–Crippen LogP) is 2.38. The molecule has 2 rings (SSSR count). The van der Waals surface area contributed by atoms with Gasteiger partial charge in [0.1, 0.15) is 12.1 Å². The molecule has 0 aromatic carbocycles. The van der Waals surface area contributed by atoms with Crippen molar-refractivity contribution < 1.29 is 14.4 Å². The van der Waals surface area contributed by atoms with Crippen LogP contribution < -0.4 is 0 Å². The van der Waals surface area contributed by atoms with Gasteiger partial charge in [-0.2, -0.15) is 0 Å². The van der Waals surface area contributed by atoms with Crippen LogP contribution in [-0.2, 0) is 14.4 Å². The summed E-state index contributed by atoms with van der Waals surface area (Å²) in [6.45, 7) is 0. The Morgan fingerprint density at radius 1 is 1.29 bits per heavy atom. The third kappa shape index (κ3) is 2.71. The zero-order valence-corrected chi connectivity index (χ0v) is 10.0. The Kier molecular flexibility index (Phi) is 3.87. The number of carbonyl (C=O) groups is 3. The van der Waals surface area contributed by atoms with Crippen LogP contribution >= 0.6 is 0 Å². The molecule has 0 heterocycles. The molecule has 2 saturated carbocycles. The second kappa shape index (κ2) is 5.39. The minimum absolute atomic E-state index is 0.0610. The van der Waals surface area contributed by atoms with E-state index in [1.165, 1.54) is 5.57 Å². The Morgan fingerprint density at radius 3 is 2.76 bits per heavy atom. The third-order valence-electron chi connectivity index (χ3n) is 3.85. The highest BCUT2D eigenvalue weighted by Gasteiger charge is 2.30. The smallest absolute Gasteiger partial charge is 0.158 e. The summed E-state index contributed by atoms with van der Waals surface area (Å²) in [5.74, 6) is 0.546. The minimum Gasteiger partial charge on any atom is -0.303 e. The summed E-state index contributed by atoms with van der Waals surface area (Å²) in [5.41, 5.74) is 2.23. The molecule has 0 aromatic rings. The molecule has 0 bridgehead atoms. The summed E-state index contributed by atoms with van der Waals surface area (Å²) >= 11 is 0. The van der Waals surface area contributed by atoms with Crippen LogP contribution in [0.2, 0.25) is 0 Å². The van der Waals surface area contributed by atoms with E-state index in [9.17, 15) is 14.4 Å². The van der Waals surface area contributed by atoms with Crippen LogP contribution in [0.4, 0.5) is 0 Å². The molecule has 1 unspecified atom stereocenters. The van der Waals surface area contributed by atoms with Gasteiger partial charge in [0, 0.05) is 25.2 Å². The molecule has 0 amide bonds. The van der Waals surface area contributed by atoms with Crippen molar-refractivity contribution in [1.82, 2.24) is 0 Å². The number of rotatable bonds is 4. The molecular weight excluding hydrogens is 216 g/mol. The van der Waals surface area contributed by atoms with Gasteiger partial charge in [0.25, 0.3) is 0 Å². The third-order valence-corrected chi connectivity index (χ3v) is 3.85. The second-order valence-corrected chi connectivity index (χ2v) is 4.97. The molecule has 3 nitrogen and oxygen atoms in total. The summed E-state index contributed by atoms with van der Waals surface area (Å²) in [5, 5.41) is 0. The maximum Gasteiger partial charge on any atom is 0.158 e. The first-order valence-corrected chi connectivity index (χ1v) is 6.43.